The van der Waals surface area contributed by atoms with Crippen molar-refractivity contribution in [1.82, 2.24) is 5.32 Å². The van der Waals surface area contributed by atoms with Crippen LogP contribution in [-0.4, -0.2) is 24.4 Å². The monoisotopic (exact) mass is 309 g/mol. The molecule has 1 atom stereocenters. The zero-order chi connectivity index (χ0) is 15.1. The molecule has 0 radical (unpaired) electrons. The van der Waals surface area contributed by atoms with Gasteiger partial charge in [0.05, 0.1) is 25.9 Å². The number of hydrogen-bond donors (Lipinski definition) is 2. The Balaban J connectivity index is 1.61. The molecule has 0 spiro atoms. The molecule has 0 aliphatic heterocycles. The Kier molecular flexibility index (Phi) is 6.26. The molecule has 0 saturated carbocycles. The smallest absolute Gasteiger partial charge is 0.117 e. The summed E-state index contributed by atoms with van der Waals surface area (Å²) in [5.41, 5.74) is 0.922. The van der Waals surface area contributed by atoms with E-state index in [1.165, 1.54) is 0 Å². The van der Waals surface area contributed by atoms with Crippen LogP contribution < -0.4 is 5.32 Å². The van der Waals surface area contributed by atoms with Gasteiger partial charge in [0.15, 0.2) is 0 Å². The Morgan fingerprint density at radius 3 is 2.81 bits per heavy atom. The van der Waals surface area contributed by atoms with Gasteiger partial charge in [0.2, 0.25) is 0 Å². The molecule has 0 amide bonds. The molecule has 1 heterocycles. The van der Waals surface area contributed by atoms with Crippen LogP contribution in [0.3, 0.4) is 0 Å². The van der Waals surface area contributed by atoms with Crippen molar-refractivity contribution in [2.45, 2.75) is 26.2 Å². The van der Waals surface area contributed by atoms with Crippen LogP contribution in [0.5, 0.6) is 0 Å². The van der Waals surface area contributed by atoms with E-state index < -0.39 is 6.10 Å². The Morgan fingerprint density at radius 2 is 2.10 bits per heavy atom. The normalized spacial score (nSPS) is 12.5. The van der Waals surface area contributed by atoms with Gasteiger partial charge in [-0.3, -0.25) is 0 Å². The van der Waals surface area contributed by atoms with Crippen LogP contribution in [0.15, 0.2) is 40.8 Å². The Bertz CT molecular complexity index is 556. The van der Waals surface area contributed by atoms with Gasteiger partial charge in [0, 0.05) is 11.6 Å². The lowest BCUT2D eigenvalue weighted by Gasteiger charge is -2.12. The summed E-state index contributed by atoms with van der Waals surface area (Å²) in [7, 11) is 0. The van der Waals surface area contributed by atoms with E-state index in [4.69, 9.17) is 20.8 Å². The Labute approximate surface area is 129 Å². The number of nitrogens with one attached hydrogen (secondary N) is 1. The molecule has 2 N–H and O–H groups in total. The van der Waals surface area contributed by atoms with Crippen molar-refractivity contribution < 1.29 is 14.3 Å². The number of ether oxygens (including phenoxy) is 1. The highest BCUT2D eigenvalue weighted by molar-refractivity contribution is 6.31. The van der Waals surface area contributed by atoms with Crippen molar-refractivity contribution in [3.63, 3.8) is 0 Å². The number of aryl methyl sites for hydroxylation is 1. The zero-order valence-corrected chi connectivity index (χ0v) is 12.8. The summed E-state index contributed by atoms with van der Waals surface area (Å²) in [4.78, 5) is 0. The van der Waals surface area contributed by atoms with Gasteiger partial charge in [0.25, 0.3) is 0 Å². The van der Waals surface area contributed by atoms with E-state index in [-0.39, 0.29) is 6.61 Å². The van der Waals surface area contributed by atoms with E-state index >= 15 is 0 Å². The summed E-state index contributed by atoms with van der Waals surface area (Å²) in [6, 6.07) is 11.4. The van der Waals surface area contributed by atoms with Gasteiger partial charge in [-0.1, -0.05) is 29.8 Å². The summed E-state index contributed by atoms with van der Waals surface area (Å²) in [6.07, 6.45) is -0.566. The first kappa shape index (κ1) is 16.0. The molecule has 5 heteroatoms. The first-order valence-electron chi connectivity index (χ1n) is 6.90. The molecule has 114 valence electrons. The van der Waals surface area contributed by atoms with Crippen LogP contribution in [-0.2, 0) is 17.9 Å². The Hall–Kier alpha value is -1.33. The summed E-state index contributed by atoms with van der Waals surface area (Å²) in [5, 5.41) is 13.6. The van der Waals surface area contributed by atoms with Crippen molar-refractivity contribution in [2.75, 3.05) is 13.2 Å². The Morgan fingerprint density at radius 1 is 1.29 bits per heavy atom. The van der Waals surface area contributed by atoms with Crippen LogP contribution >= 0.6 is 11.6 Å². The second-order valence-corrected chi connectivity index (χ2v) is 5.31. The molecule has 1 aromatic heterocycles. The minimum absolute atomic E-state index is 0.259. The fourth-order valence-corrected chi connectivity index (χ4v) is 2.11. The van der Waals surface area contributed by atoms with Crippen LogP contribution in [0.4, 0.5) is 0 Å². The lowest BCUT2D eigenvalue weighted by molar-refractivity contribution is 0.0286. The summed E-state index contributed by atoms with van der Waals surface area (Å²) in [5.74, 6) is 1.74. The molecule has 4 nitrogen and oxygen atoms in total. The zero-order valence-electron chi connectivity index (χ0n) is 12.0. The molecule has 1 unspecified atom stereocenters. The molecular weight excluding hydrogens is 290 g/mol. The van der Waals surface area contributed by atoms with E-state index in [0.29, 0.717) is 24.7 Å². The van der Waals surface area contributed by atoms with Gasteiger partial charge in [-0.2, -0.15) is 0 Å². The lowest BCUT2D eigenvalue weighted by Crippen LogP contribution is -2.30. The molecular formula is C16H20ClNO3. The third-order valence-electron chi connectivity index (χ3n) is 3.00. The van der Waals surface area contributed by atoms with Gasteiger partial charge in [0.1, 0.15) is 11.5 Å². The maximum absolute atomic E-state index is 9.83. The molecule has 0 bridgehead atoms. The van der Waals surface area contributed by atoms with Crippen LogP contribution in [0.1, 0.15) is 17.1 Å². The number of hydrogen-bond acceptors (Lipinski definition) is 4. The average Bonchev–Trinajstić information content (AvgIpc) is 2.87. The highest BCUT2D eigenvalue weighted by atomic mass is 35.5. The number of halogens is 1. The first-order chi connectivity index (χ1) is 10.1. The molecule has 0 aliphatic carbocycles. The van der Waals surface area contributed by atoms with Crippen molar-refractivity contribution in [3.05, 3.63) is 58.5 Å². The van der Waals surface area contributed by atoms with Crippen LogP contribution in [0.25, 0.3) is 0 Å². The second kappa shape index (κ2) is 8.20. The number of furan rings is 1. The first-order valence-corrected chi connectivity index (χ1v) is 7.28. The van der Waals surface area contributed by atoms with Gasteiger partial charge in [-0.15, -0.1) is 0 Å². The largest absolute Gasteiger partial charge is 0.465 e. The number of rotatable bonds is 8. The average molecular weight is 310 g/mol. The summed E-state index contributed by atoms with van der Waals surface area (Å²) < 4.78 is 10.9. The van der Waals surface area contributed by atoms with E-state index in [1.54, 1.807) is 0 Å². The molecule has 21 heavy (non-hydrogen) atoms. The fourth-order valence-electron chi connectivity index (χ4n) is 1.92. The molecule has 2 rings (SSSR count). The van der Waals surface area contributed by atoms with E-state index in [0.717, 1.165) is 17.1 Å². The minimum Gasteiger partial charge on any atom is -0.465 e. The maximum atomic E-state index is 9.83. The number of aliphatic hydroxyl groups is 1. The lowest BCUT2D eigenvalue weighted by atomic mass is 10.2. The third-order valence-corrected chi connectivity index (χ3v) is 3.37. The minimum atomic E-state index is -0.566. The highest BCUT2D eigenvalue weighted by Crippen LogP contribution is 2.15. The SMILES string of the molecule is Cc1ccc(CNCC(O)COCc2ccccc2Cl)o1. The standard InChI is InChI=1S/C16H20ClNO3/c1-12-6-7-15(21-12)9-18-8-14(19)11-20-10-13-4-2-3-5-16(13)17/h2-7,14,18-19H,8-11H2,1H3. The van der Waals surface area contributed by atoms with Gasteiger partial charge >= 0.3 is 0 Å². The number of aliphatic hydroxyl groups excluding tert-OH is 1. The molecule has 0 fully saturated rings. The van der Waals surface area contributed by atoms with Crippen LogP contribution in [0, 0.1) is 6.92 Å². The van der Waals surface area contributed by atoms with E-state index in [2.05, 4.69) is 5.32 Å². The van der Waals surface area contributed by atoms with E-state index in [9.17, 15) is 5.11 Å². The molecule has 2 aromatic rings. The highest BCUT2D eigenvalue weighted by Gasteiger charge is 2.06. The quantitative estimate of drug-likeness (QED) is 0.787. The van der Waals surface area contributed by atoms with Gasteiger partial charge < -0.3 is 19.6 Å². The predicted octanol–water partition coefficient (Wildman–Crippen LogP) is 2.91. The van der Waals surface area contributed by atoms with Crippen molar-refractivity contribution in [3.8, 4) is 0 Å². The van der Waals surface area contributed by atoms with Crippen molar-refractivity contribution in [1.29, 1.82) is 0 Å². The van der Waals surface area contributed by atoms with Crippen molar-refractivity contribution in [2.24, 2.45) is 0 Å². The third kappa shape index (κ3) is 5.52. The van der Waals surface area contributed by atoms with Crippen molar-refractivity contribution >= 4 is 11.6 Å². The maximum Gasteiger partial charge on any atom is 0.117 e. The summed E-state index contributed by atoms with van der Waals surface area (Å²) in [6.45, 7) is 3.60. The van der Waals surface area contributed by atoms with Gasteiger partial charge in [-0.05, 0) is 30.7 Å². The fraction of sp³-hybridized carbons (Fsp3) is 0.375. The molecule has 0 saturated heterocycles. The predicted molar refractivity (Wildman–Crippen MR) is 82.3 cm³/mol. The molecule has 0 aliphatic rings. The van der Waals surface area contributed by atoms with Crippen LogP contribution in [0.2, 0.25) is 5.02 Å². The number of benzene rings is 1. The topological polar surface area (TPSA) is 54.6 Å². The van der Waals surface area contributed by atoms with Gasteiger partial charge in [-0.25, -0.2) is 0 Å². The molecule has 1 aromatic carbocycles. The second-order valence-electron chi connectivity index (χ2n) is 4.90. The van der Waals surface area contributed by atoms with E-state index in [1.807, 2.05) is 43.3 Å². The summed E-state index contributed by atoms with van der Waals surface area (Å²) >= 11 is 6.03.